The van der Waals surface area contributed by atoms with Gasteiger partial charge in [0.25, 0.3) is 0 Å². The summed E-state index contributed by atoms with van der Waals surface area (Å²) in [6, 6.07) is 6.30. The highest BCUT2D eigenvalue weighted by atomic mass is 16.2. The van der Waals surface area contributed by atoms with Crippen molar-refractivity contribution in [2.75, 3.05) is 23.3 Å². The number of fused-ring (bicyclic) bond motifs is 1. The molecule has 0 bridgehead atoms. The molecular weight excluding hydrogens is 200 g/mol. The lowest BCUT2D eigenvalue weighted by molar-refractivity contribution is -0.116. The normalized spacial score (nSPS) is 14.5. The zero-order valence-electron chi connectivity index (χ0n) is 9.92. The standard InChI is InChI=1S/C13H18N2O/c1-3-14-12-7-6-11-5-4-8-15(10(2)16)13(11)9-12/h6-7,9,14H,3-5,8H2,1-2H3. The lowest BCUT2D eigenvalue weighted by Crippen LogP contribution is -2.33. The van der Waals surface area contributed by atoms with Gasteiger partial charge in [0.05, 0.1) is 0 Å². The third-order valence-corrected chi connectivity index (χ3v) is 2.96. The van der Waals surface area contributed by atoms with E-state index in [2.05, 4.69) is 30.4 Å². The van der Waals surface area contributed by atoms with Gasteiger partial charge in [-0.15, -0.1) is 0 Å². The summed E-state index contributed by atoms with van der Waals surface area (Å²) in [7, 11) is 0. The molecule has 86 valence electrons. The number of aryl methyl sites for hydroxylation is 1. The molecule has 0 fully saturated rings. The van der Waals surface area contributed by atoms with Crippen molar-refractivity contribution in [2.45, 2.75) is 26.7 Å². The molecule has 3 nitrogen and oxygen atoms in total. The van der Waals surface area contributed by atoms with E-state index in [0.717, 1.165) is 37.3 Å². The fourth-order valence-electron chi connectivity index (χ4n) is 2.22. The first-order chi connectivity index (χ1) is 7.72. The number of nitrogens with zero attached hydrogens (tertiary/aromatic N) is 1. The fourth-order valence-corrected chi connectivity index (χ4v) is 2.22. The molecule has 0 aliphatic carbocycles. The van der Waals surface area contributed by atoms with Crippen LogP contribution in [0.4, 0.5) is 11.4 Å². The molecule has 0 saturated heterocycles. The van der Waals surface area contributed by atoms with E-state index in [1.54, 1.807) is 6.92 Å². The number of benzene rings is 1. The summed E-state index contributed by atoms with van der Waals surface area (Å²) in [5, 5.41) is 3.28. The highest BCUT2D eigenvalue weighted by Gasteiger charge is 2.19. The zero-order chi connectivity index (χ0) is 11.5. The van der Waals surface area contributed by atoms with E-state index < -0.39 is 0 Å². The smallest absolute Gasteiger partial charge is 0.223 e. The number of rotatable bonds is 2. The molecular formula is C13H18N2O. The van der Waals surface area contributed by atoms with Crippen molar-refractivity contribution in [3.63, 3.8) is 0 Å². The Kier molecular flexibility index (Phi) is 3.13. The maximum absolute atomic E-state index is 11.5. The van der Waals surface area contributed by atoms with Crippen LogP contribution in [0, 0.1) is 0 Å². The van der Waals surface area contributed by atoms with E-state index in [9.17, 15) is 4.79 Å². The highest BCUT2D eigenvalue weighted by molar-refractivity contribution is 5.93. The summed E-state index contributed by atoms with van der Waals surface area (Å²) in [6.45, 7) is 5.45. The van der Waals surface area contributed by atoms with Gasteiger partial charge in [-0.1, -0.05) is 6.07 Å². The van der Waals surface area contributed by atoms with Gasteiger partial charge in [-0.3, -0.25) is 4.79 Å². The third-order valence-electron chi connectivity index (χ3n) is 2.96. The largest absolute Gasteiger partial charge is 0.385 e. The van der Waals surface area contributed by atoms with Gasteiger partial charge in [0.2, 0.25) is 5.91 Å². The van der Waals surface area contributed by atoms with Crippen LogP contribution in [0.5, 0.6) is 0 Å². The van der Waals surface area contributed by atoms with Crippen LogP contribution in [0.2, 0.25) is 0 Å². The van der Waals surface area contributed by atoms with E-state index in [4.69, 9.17) is 0 Å². The van der Waals surface area contributed by atoms with Crippen molar-refractivity contribution < 1.29 is 4.79 Å². The quantitative estimate of drug-likeness (QED) is 0.826. The van der Waals surface area contributed by atoms with Gasteiger partial charge >= 0.3 is 0 Å². The highest BCUT2D eigenvalue weighted by Crippen LogP contribution is 2.29. The number of nitrogens with one attached hydrogen (secondary N) is 1. The maximum atomic E-state index is 11.5. The number of carbonyl (C=O) groups excluding carboxylic acids is 1. The molecule has 2 rings (SSSR count). The van der Waals surface area contributed by atoms with E-state index >= 15 is 0 Å². The van der Waals surface area contributed by atoms with Crippen LogP contribution in [0.25, 0.3) is 0 Å². The SMILES string of the molecule is CCNc1ccc2c(c1)N(C(C)=O)CCC2. The van der Waals surface area contributed by atoms with Crippen LogP contribution in [-0.4, -0.2) is 19.0 Å². The van der Waals surface area contributed by atoms with Gasteiger partial charge in [0.15, 0.2) is 0 Å². The predicted molar refractivity (Wildman–Crippen MR) is 67.0 cm³/mol. The van der Waals surface area contributed by atoms with Crippen LogP contribution in [0.15, 0.2) is 18.2 Å². The summed E-state index contributed by atoms with van der Waals surface area (Å²) < 4.78 is 0. The maximum Gasteiger partial charge on any atom is 0.223 e. The molecule has 0 unspecified atom stereocenters. The molecule has 0 aromatic heterocycles. The molecule has 0 saturated carbocycles. The van der Waals surface area contributed by atoms with E-state index in [1.165, 1.54) is 5.56 Å². The van der Waals surface area contributed by atoms with E-state index in [0.29, 0.717) is 0 Å². The number of carbonyl (C=O) groups is 1. The second-order valence-corrected chi connectivity index (χ2v) is 4.15. The summed E-state index contributed by atoms with van der Waals surface area (Å²) >= 11 is 0. The number of hydrogen-bond donors (Lipinski definition) is 1. The summed E-state index contributed by atoms with van der Waals surface area (Å²) in [5.41, 5.74) is 3.45. The molecule has 0 atom stereocenters. The monoisotopic (exact) mass is 218 g/mol. The Bertz CT molecular complexity index is 401. The molecule has 1 aliphatic heterocycles. The minimum atomic E-state index is 0.134. The first-order valence-electron chi connectivity index (χ1n) is 5.87. The Balaban J connectivity index is 2.36. The van der Waals surface area contributed by atoms with E-state index in [1.807, 2.05) is 4.90 Å². The number of anilines is 2. The Morgan fingerprint density at radius 1 is 1.50 bits per heavy atom. The Hall–Kier alpha value is -1.51. The first kappa shape index (κ1) is 11.0. The Morgan fingerprint density at radius 2 is 2.31 bits per heavy atom. The second-order valence-electron chi connectivity index (χ2n) is 4.15. The molecule has 1 N–H and O–H groups in total. The average molecular weight is 218 g/mol. The zero-order valence-corrected chi connectivity index (χ0v) is 9.92. The van der Waals surface area contributed by atoms with Crippen LogP contribution in [0.1, 0.15) is 25.8 Å². The van der Waals surface area contributed by atoms with Crippen molar-refractivity contribution >= 4 is 17.3 Å². The number of hydrogen-bond acceptors (Lipinski definition) is 2. The molecule has 1 aliphatic rings. The molecule has 16 heavy (non-hydrogen) atoms. The van der Waals surface area contributed by atoms with Crippen molar-refractivity contribution in [1.29, 1.82) is 0 Å². The van der Waals surface area contributed by atoms with Crippen LogP contribution < -0.4 is 10.2 Å². The van der Waals surface area contributed by atoms with Crippen molar-refractivity contribution in [2.24, 2.45) is 0 Å². The van der Waals surface area contributed by atoms with Gasteiger partial charge in [0.1, 0.15) is 0 Å². The Morgan fingerprint density at radius 3 is 3.00 bits per heavy atom. The van der Waals surface area contributed by atoms with Crippen molar-refractivity contribution in [1.82, 2.24) is 0 Å². The van der Waals surface area contributed by atoms with Crippen LogP contribution in [-0.2, 0) is 11.2 Å². The summed E-state index contributed by atoms with van der Waals surface area (Å²) in [6.07, 6.45) is 2.14. The number of amides is 1. The van der Waals surface area contributed by atoms with Gasteiger partial charge in [0, 0.05) is 31.4 Å². The molecule has 1 aromatic rings. The first-order valence-corrected chi connectivity index (χ1v) is 5.87. The predicted octanol–water partition coefficient (Wildman–Crippen LogP) is 2.42. The summed E-state index contributed by atoms with van der Waals surface area (Å²) in [5.74, 6) is 0.134. The molecule has 0 radical (unpaired) electrons. The second kappa shape index (κ2) is 4.56. The molecule has 0 spiro atoms. The average Bonchev–Trinajstić information content (AvgIpc) is 2.28. The minimum Gasteiger partial charge on any atom is -0.385 e. The van der Waals surface area contributed by atoms with Gasteiger partial charge < -0.3 is 10.2 Å². The van der Waals surface area contributed by atoms with Crippen molar-refractivity contribution in [3.05, 3.63) is 23.8 Å². The molecule has 3 heteroatoms. The fraction of sp³-hybridized carbons (Fsp3) is 0.462. The van der Waals surface area contributed by atoms with Crippen LogP contribution in [0.3, 0.4) is 0 Å². The van der Waals surface area contributed by atoms with Gasteiger partial charge in [-0.25, -0.2) is 0 Å². The summed E-state index contributed by atoms with van der Waals surface area (Å²) in [4.78, 5) is 13.4. The van der Waals surface area contributed by atoms with Crippen molar-refractivity contribution in [3.8, 4) is 0 Å². The van der Waals surface area contributed by atoms with E-state index in [-0.39, 0.29) is 5.91 Å². The third kappa shape index (κ3) is 2.03. The molecule has 1 amide bonds. The van der Waals surface area contributed by atoms with Gasteiger partial charge in [-0.2, -0.15) is 0 Å². The molecule has 1 aromatic carbocycles. The van der Waals surface area contributed by atoms with Gasteiger partial charge in [-0.05, 0) is 37.5 Å². The lowest BCUT2D eigenvalue weighted by atomic mass is 10.0. The topological polar surface area (TPSA) is 32.3 Å². The lowest BCUT2D eigenvalue weighted by Gasteiger charge is -2.29. The minimum absolute atomic E-state index is 0.134. The molecule has 1 heterocycles. The van der Waals surface area contributed by atoms with Crippen LogP contribution >= 0.6 is 0 Å². The Labute approximate surface area is 96.5 Å².